The van der Waals surface area contributed by atoms with Gasteiger partial charge in [-0.25, -0.2) is 0 Å². The van der Waals surface area contributed by atoms with E-state index < -0.39 is 0 Å². The van der Waals surface area contributed by atoms with Crippen LogP contribution in [0.25, 0.3) is 0 Å². The Morgan fingerprint density at radius 3 is 2.76 bits per heavy atom. The van der Waals surface area contributed by atoms with Crippen LogP contribution in [-0.2, 0) is 0 Å². The van der Waals surface area contributed by atoms with Gasteiger partial charge in [-0.15, -0.1) is 0 Å². The second kappa shape index (κ2) is 4.66. The van der Waals surface area contributed by atoms with E-state index in [1.807, 2.05) is 0 Å². The summed E-state index contributed by atoms with van der Waals surface area (Å²) in [5.74, 6) is -0.185. The number of hydrogen-bond acceptors (Lipinski definition) is 3. The van der Waals surface area contributed by atoms with Gasteiger partial charge in [0.1, 0.15) is 0 Å². The first-order valence-corrected chi connectivity index (χ1v) is 6.30. The van der Waals surface area contributed by atoms with Crippen molar-refractivity contribution in [1.29, 1.82) is 0 Å². The van der Waals surface area contributed by atoms with Crippen LogP contribution in [0.5, 0.6) is 0 Å². The normalized spacial score (nSPS) is 16.6. The van der Waals surface area contributed by atoms with Crippen LogP contribution in [0.3, 0.4) is 0 Å². The molecule has 0 aliphatic heterocycles. The van der Waals surface area contributed by atoms with Gasteiger partial charge in [0.25, 0.3) is 5.91 Å². The summed E-state index contributed by atoms with van der Waals surface area (Å²) in [5, 5.41) is 12.0. The van der Waals surface area contributed by atoms with E-state index >= 15 is 0 Å². The van der Waals surface area contributed by atoms with E-state index in [2.05, 4.69) is 21.2 Å². The number of amides is 1. The number of aliphatic hydroxyl groups excluding tert-OH is 1. The summed E-state index contributed by atoms with van der Waals surface area (Å²) < 4.78 is 0.848. The van der Waals surface area contributed by atoms with Crippen molar-refractivity contribution < 1.29 is 9.90 Å². The highest BCUT2D eigenvalue weighted by molar-refractivity contribution is 9.10. The topological polar surface area (TPSA) is 75.4 Å². The fourth-order valence-corrected chi connectivity index (χ4v) is 2.05. The number of carbonyl (C=O) groups is 1. The minimum Gasteiger partial charge on any atom is -0.398 e. The van der Waals surface area contributed by atoms with Gasteiger partial charge in [0.05, 0.1) is 12.2 Å². The van der Waals surface area contributed by atoms with Crippen LogP contribution < -0.4 is 11.1 Å². The van der Waals surface area contributed by atoms with Crippen LogP contribution in [0.2, 0.25) is 0 Å². The molecule has 0 unspecified atom stereocenters. The Labute approximate surface area is 108 Å². The summed E-state index contributed by atoms with van der Waals surface area (Å²) in [7, 11) is 0. The monoisotopic (exact) mass is 298 g/mol. The zero-order valence-electron chi connectivity index (χ0n) is 9.37. The first-order chi connectivity index (χ1) is 8.06. The van der Waals surface area contributed by atoms with Crippen LogP contribution in [0.1, 0.15) is 23.2 Å². The number of nitrogens with one attached hydrogen (secondary N) is 1. The quantitative estimate of drug-likeness (QED) is 0.738. The van der Waals surface area contributed by atoms with Crippen molar-refractivity contribution in [2.24, 2.45) is 5.41 Å². The number of carbonyl (C=O) groups excluding carboxylic acids is 1. The molecule has 17 heavy (non-hydrogen) atoms. The standard InChI is InChI=1S/C12H15BrN2O2/c13-8-1-2-9(10(14)5-8)11(17)15-6-12(7-16)3-4-12/h1-2,5,16H,3-4,6-7,14H2,(H,15,17). The van der Waals surface area contributed by atoms with E-state index in [1.165, 1.54) is 0 Å². The molecule has 4 nitrogen and oxygen atoms in total. The van der Waals surface area contributed by atoms with E-state index in [0.29, 0.717) is 17.8 Å². The van der Waals surface area contributed by atoms with E-state index in [-0.39, 0.29) is 17.9 Å². The number of anilines is 1. The van der Waals surface area contributed by atoms with Crippen molar-refractivity contribution in [2.45, 2.75) is 12.8 Å². The minimum atomic E-state index is -0.185. The summed E-state index contributed by atoms with van der Waals surface area (Å²) >= 11 is 3.29. The highest BCUT2D eigenvalue weighted by atomic mass is 79.9. The lowest BCUT2D eigenvalue weighted by atomic mass is 10.1. The fourth-order valence-electron chi connectivity index (χ4n) is 1.67. The highest BCUT2D eigenvalue weighted by Gasteiger charge is 2.42. The van der Waals surface area contributed by atoms with Gasteiger partial charge in [0.15, 0.2) is 0 Å². The SMILES string of the molecule is Nc1cc(Br)ccc1C(=O)NCC1(CO)CC1. The molecule has 1 fully saturated rings. The molecule has 0 bridgehead atoms. The molecule has 1 aromatic carbocycles. The predicted octanol–water partition coefficient (Wildman–Crippen LogP) is 1.53. The Morgan fingerprint density at radius 2 is 2.24 bits per heavy atom. The van der Waals surface area contributed by atoms with Crippen LogP contribution in [0, 0.1) is 5.41 Å². The van der Waals surface area contributed by atoms with Gasteiger partial charge in [0.2, 0.25) is 0 Å². The number of hydrogen-bond donors (Lipinski definition) is 3. The molecule has 4 N–H and O–H groups in total. The third-order valence-corrected chi connectivity index (χ3v) is 3.67. The smallest absolute Gasteiger partial charge is 0.253 e. The third kappa shape index (κ3) is 2.79. The fraction of sp³-hybridized carbons (Fsp3) is 0.417. The van der Waals surface area contributed by atoms with Gasteiger partial charge in [-0.05, 0) is 31.0 Å². The molecule has 1 amide bonds. The zero-order chi connectivity index (χ0) is 12.5. The molecule has 0 radical (unpaired) electrons. The Kier molecular flexibility index (Phi) is 3.40. The van der Waals surface area contributed by atoms with E-state index in [4.69, 9.17) is 10.8 Å². The average molecular weight is 299 g/mol. The van der Waals surface area contributed by atoms with Crippen LogP contribution in [-0.4, -0.2) is 24.2 Å². The molecule has 1 aromatic rings. The number of nitrogen functional groups attached to an aromatic ring is 1. The average Bonchev–Trinajstić information content (AvgIpc) is 3.07. The second-order valence-corrected chi connectivity index (χ2v) is 5.49. The van der Waals surface area contributed by atoms with Crippen molar-refractivity contribution in [1.82, 2.24) is 5.32 Å². The summed E-state index contributed by atoms with van der Waals surface area (Å²) in [6.45, 7) is 0.640. The Bertz CT molecular complexity index is 444. The van der Waals surface area contributed by atoms with Crippen LogP contribution in [0.4, 0.5) is 5.69 Å². The maximum absolute atomic E-state index is 11.9. The lowest BCUT2D eigenvalue weighted by Crippen LogP contribution is -2.32. The number of aliphatic hydroxyl groups is 1. The summed E-state index contributed by atoms with van der Waals surface area (Å²) in [6, 6.07) is 5.17. The predicted molar refractivity (Wildman–Crippen MR) is 69.6 cm³/mol. The molecular formula is C12H15BrN2O2. The number of rotatable bonds is 4. The largest absolute Gasteiger partial charge is 0.398 e. The lowest BCUT2D eigenvalue weighted by Gasteiger charge is -2.13. The van der Waals surface area contributed by atoms with Gasteiger partial charge in [0, 0.05) is 22.1 Å². The minimum absolute atomic E-state index is 0.0835. The molecule has 92 valence electrons. The summed E-state index contributed by atoms with van der Waals surface area (Å²) in [4.78, 5) is 11.9. The van der Waals surface area contributed by atoms with Gasteiger partial charge < -0.3 is 16.2 Å². The number of nitrogens with two attached hydrogens (primary N) is 1. The maximum Gasteiger partial charge on any atom is 0.253 e. The molecule has 1 aliphatic carbocycles. The van der Waals surface area contributed by atoms with Crippen molar-refractivity contribution in [2.75, 3.05) is 18.9 Å². The summed E-state index contributed by atoms with van der Waals surface area (Å²) in [6.07, 6.45) is 1.94. The molecule has 0 heterocycles. The first kappa shape index (κ1) is 12.4. The van der Waals surface area contributed by atoms with Crippen molar-refractivity contribution in [3.05, 3.63) is 28.2 Å². The molecule has 0 atom stereocenters. The van der Waals surface area contributed by atoms with Crippen molar-refractivity contribution in [3.8, 4) is 0 Å². The van der Waals surface area contributed by atoms with Gasteiger partial charge >= 0.3 is 0 Å². The van der Waals surface area contributed by atoms with E-state index in [0.717, 1.165) is 17.3 Å². The maximum atomic E-state index is 11.9. The molecule has 1 saturated carbocycles. The second-order valence-electron chi connectivity index (χ2n) is 4.57. The van der Waals surface area contributed by atoms with Crippen LogP contribution in [0.15, 0.2) is 22.7 Å². The van der Waals surface area contributed by atoms with E-state index in [9.17, 15) is 4.79 Å². The molecular weight excluding hydrogens is 284 g/mol. The third-order valence-electron chi connectivity index (χ3n) is 3.17. The Balaban J connectivity index is 2.00. The zero-order valence-corrected chi connectivity index (χ0v) is 11.0. The lowest BCUT2D eigenvalue weighted by molar-refractivity contribution is 0.0936. The number of benzene rings is 1. The van der Waals surface area contributed by atoms with Crippen LogP contribution >= 0.6 is 15.9 Å². The Morgan fingerprint density at radius 1 is 1.53 bits per heavy atom. The molecule has 5 heteroatoms. The van der Waals surface area contributed by atoms with Crippen molar-refractivity contribution >= 4 is 27.5 Å². The number of halogens is 1. The molecule has 2 rings (SSSR count). The van der Waals surface area contributed by atoms with E-state index in [1.54, 1.807) is 18.2 Å². The van der Waals surface area contributed by atoms with Gasteiger partial charge in [-0.2, -0.15) is 0 Å². The van der Waals surface area contributed by atoms with Crippen molar-refractivity contribution in [3.63, 3.8) is 0 Å². The molecule has 0 aromatic heterocycles. The summed E-state index contributed by atoms with van der Waals surface area (Å²) in [5.41, 5.74) is 6.61. The highest BCUT2D eigenvalue weighted by Crippen LogP contribution is 2.44. The molecule has 0 spiro atoms. The molecule has 1 aliphatic rings. The van der Waals surface area contributed by atoms with Gasteiger partial charge in [-0.3, -0.25) is 4.79 Å². The molecule has 0 saturated heterocycles. The first-order valence-electron chi connectivity index (χ1n) is 5.50. The Hall–Kier alpha value is -1.07. The van der Waals surface area contributed by atoms with Gasteiger partial charge in [-0.1, -0.05) is 15.9 Å².